The maximum Gasteiger partial charge on any atom is 0.221 e. The van der Waals surface area contributed by atoms with E-state index >= 15 is 0 Å². The van der Waals surface area contributed by atoms with Crippen molar-refractivity contribution in [1.82, 2.24) is 0 Å². The van der Waals surface area contributed by atoms with Crippen molar-refractivity contribution in [2.45, 2.75) is 19.2 Å². The van der Waals surface area contributed by atoms with Gasteiger partial charge in [-0.3, -0.25) is 0 Å². The van der Waals surface area contributed by atoms with E-state index in [9.17, 15) is 0 Å². The summed E-state index contributed by atoms with van der Waals surface area (Å²) in [7, 11) is 0. The first-order valence-electron chi connectivity index (χ1n) is 2.75. The van der Waals surface area contributed by atoms with Gasteiger partial charge in [0.15, 0.2) is 0 Å². The minimum absolute atomic E-state index is 0.0315. The van der Waals surface area contributed by atoms with Crippen molar-refractivity contribution in [3.05, 3.63) is 0 Å². The average Bonchev–Trinajstić information content (AvgIpc) is 1.63. The highest BCUT2D eigenvalue weighted by molar-refractivity contribution is 8.22. The van der Waals surface area contributed by atoms with Crippen LogP contribution in [-0.4, -0.2) is 16.4 Å². The summed E-state index contributed by atoms with van der Waals surface area (Å²) < 4.78 is 5.50. The smallest absolute Gasteiger partial charge is 0.221 e. The van der Waals surface area contributed by atoms with Crippen molar-refractivity contribution in [3.63, 3.8) is 0 Å². The van der Waals surface area contributed by atoms with Gasteiger partial charge in [0.25, 0.3) is 0 Å². The van der Waals surface area contributed by atoms with Crippen molar-refractivity contribution in [3.8, 4) is 0 Å². The zero-order valence-corrected chi connectivity index (χ0v) is 7.22. The predicted molar refractivity (Wildman–Crippen MR) is 45.5 cm³/mol. The Hall–Kier alpha value is 0.200. The van der Waals surface area contributed by atoms with Gasteiger partial charge in [0.1, 0.15) is 0 Å². The van der Waals surface area contributed by atoms with Crippen molar-refractivity contribution in [2.75, 3.05) is 6.61 Å². The van der Waals surface area contributed by atoms with Gasteiger partial charge in [-0.25, -0.2) is 0 Å². The molecule has 0 aliphatic heterocycles. The lowest BCUT2D eigenvalue weighted by molar-refractivity contribution is 0.346. The van der Waals surface area contributed by atoms with Crippen LogP contribution in [0.5, 0.6) is 0 Å². The lowest BCUT2D eigenvalue weighted by atomic mass is 10.8. The number of ether oxygens (including phenoxy) is 1. The van der Waals surface area contributed by atoms with Crippen LogP contribution < -0.4 is 5.73 Å². The molecule has 0 aromatic carbocycles. The van der Waals surface area contributed by atoms with E-state index in [1.54, 1.807) is 0 Å². The van der Waals surface area contributed by atoms with E-state index in [0.717, 1.165) is 0 Å². The maximum absolute atomic E-state index is 5.42. The first kappa shape index (κ1) is 9.20. The van der Waals surface area contributed by atoms with Crippen LogP contribution in [0.1, 0.15) is 13.8 Å². The van der Waals surface area contributed by atoms with Gasteiger partial charge in [-0.05, 0) is 26.1 Å². The molecule has 1 atom stereocenters. The molecule has 0 rings (SSSR count). The lowest BCUT2D eigenvalue weighted by Crippen LogP contribution is -2.13. The average molecular weight is 165 g/mol. The fourth-order valence-electron chi connectivity index (χ4n) is 0.304. The van der Waals surface area contributed by atoms with Gasteiger partial charge in [0, 0.05) is 0 Å². The van der Waals surface area contributed by atoms with Crippen LogP contribution in [0.4, 0.5) is 0 Å². The fraction of sp³-hybridized carbons (Fsp3) is 0.800. The predicted octanol–water partition coefficient (Wildman–Crippen LogP) is 1.35. The quantitative estimate of drug-likeness (QED) is 0.495. The van der Waals surface area contributed by atoms with Gasteiger partial charge in [-0.15, -0.1) is 0 Å². The number of rotatable bonds is 2. The van der Waals surface area contributed by atoms with E-state index in [2.05, 4.69) is 0 Å². The second kappa shape index (κ2) is 5.02. The summed E-state index contributed by atoms with van der Waals surface area (Å²) in [6.45, 7) is 4.39. The van der Waals surface area contributed by atoms with Crippen molar-refractivity contribution >= 4 is 28.4 Å². The standard InChI is InChI=1S/C5H11NOS2/c1-3-7-5(8)9-4(2)6/h4H,3,6H2,1-2H3. The normalized spacial score (nSPS) is 12.8. The Morgan fingerprint density at radius 3 is 2.78 bits per heavy atom. The van der Waals surface area contributed by atoms with Crippen molar-refractivity contribution in [2.24, 2.45) is 5.73 Å². The summed E-state index contributed by atoms with van der Waals surface area (Å²) in [5.74, 6) is 0. The van der Waals surface area contributed by atoms with Crippen LogP contribution in [0.25, 0.3) is 0 Å². The Morgan fingerprint density at radius 2 is 2.44 bits per heavy atom. The Bertz CT molecular complexity index is 95.0. The van der Waals surface area contributed by atoms with E-state index in [1.165, 1.54) is 11.8 Å². The number of thioether (sulfide) groups is 1. The van der Waals surface area contributed by atoms with Gasteiger partial charge in [0.2, 0.25) is 4.38 Å². The SMILES string of the molecule is CCOC(=S)SC(C)N. The molecule has 0 aromatic rings. The molecule has 0 aliphatic rings. The molecule has 0 saturated heterocycles. The second-order valence-electron chi connectivity index (χ2n) is 1.51. The highest BCUT2D eigenvalue weighted by atomic mass is 32.2. The third-order valence-corrected chi connectivity index (χ3v) is 1.63. The number of nitrogens with two attached hydrogens (primary N) is 1. The Labute approximate surface area is 65.1 Å². The summed E-state index contributed by atoms with van der Waals surface area (Å²) in [4.78, 5) is 0. The summed E-state index contributed by atoms with van der Waals surface area (Å²) in [6.07, 6.45) is 0. The van der Waals surface area contributed by atoms with Gasteiger partial charge in [0.05, 0.1) is 12.0 Å². The van der Waals surface area contributed by atoms with E-state index < -0.39 is 0 Å². The minimum Gasteiger partial charge on any atom is -0.479 e. The number of hydrogen-bond donors (Lipinski definition) is 1. The molecular formula is C5H11NOS2. The lowest BCUT2D eigenvalue weighted by Gasteiger charge is -2.05. The largest absolute Gasteiger partial charge is 0.479 e. The molecule has 4 heteroatoms. The summed E-state index contributed by atoms with van der Waals surface area (Å²) in [6, 6.07) is 0. The third-order valence-electron chi connectivity index (χ3n) is 0.544. The summed E-state index contributed by atoms with van der Waals surface area (Å²) >= 11 is 6.16. The number of thiocarbonyl (C=S) groups is 1. The van der Waals surface area contributed by atoms with Crippen LogP contribution in [0.15, 0.2) is 0 Å². The molecule has 0 saturated carbocycles. The van der Waals surface area contributed by atoms with Crippen molar-refractivity contribution < 1.29 is 4.74 Å². The first-order valence-corrected chi connectivity index (χ1v) is 4.04. The highest BCUT2D eigenvalue weighted by Crippen LogP contribution is 2.08. The van der Waals surface area contributed by atoms with E-state index in [0.29, 0.717) is 11.0 Å². The van der Waals surface area contributed by atoms with Crippen LogP contribution in [0, 0.1) is 0 Å². The van der Waals surface area contributed by atoms with Crippen molar-refractivity contribution in [1.29, 1.82) is 0 Å². The third kappa shape index (κ3) is 6.08. The maximum atomic E-state index is 5.42. The van der Waals surface area contributed by atoms with Crippen LogP contribution in [0.3, 0.4) is 0 Å². The van der Waals surface area contributed by atoms with E-state index in [4.69, 9.17) is 22.7 Å². The van der Waals surface area contributed by atoms with Crippen LogP contribution in [0.2, 0.25) is 0 Å². The fourth-order valence-corrected chi connectivity index (χ4v) is 1.37. The van der Waals surface area contributed by atoms with Crippen LogP contribution in [-0.2, 0) is 4.74 Å². The van der Waals surface area contributed by atoms with Gasteiger partial charge >= 0.3 is 0 Å². The molecule has 0 radical (unpaired) electrons. The molecule has 2 N–H and O–H groups in total. The molecule has 0 spiro atoms. The van der Waals surface area contributed by atoms with Gasteiger partial charge < -0.3 is 10.5 Å². The molecule has 0 aliphatic carbocycles. The monoisotopic (exact) mass is 165 g/mol. The number of hydrogen-bond acceptors (Lipinski definition) is 4. The molecule has 54 valence electrons. The Balaban J connectivity index is 3.27. The zero-order chi connectivity index (χ0) is 7.28. The molecule has 0 amide bonds. The molecule has 0 bridgehead atoms. The molecule has 0 aromatic heterocycles. The minimum atomic E-state index is 0.0315. The van der Waals surface area contributed by atoms with E-state index in [1.807, 2.05) is 13.8 Å². The summed E-state index contributed by atoms with van der Waals surface area (Å²) in [5.41, 5.74) is 5.42. The molecule has 1 unspecified atom stereocenters. The van der Waals surface area contributed by atoms with Gasteiger partial charge in [-0.1, -0.05) is 11.8 Å². The Kier molecular flexibility index (Phi) is 5.13. The highest BCUT2D eigenvalue weighted by Gasteiger charge is 1.99. The topological polar surface area (TPSA) is 35.2 Å². The first-order chi connectivity index (χ1) is 4.16. The van der Waals surface area contributed by atoms with E-state index in [-0.39, 0.29) is 5.37 Å². The molecule has 2 nitrogen and oxygen atoms in total. The van der Waals surface area contributed by atoms with Gasteiger partial charge in [-0.2, -0.15) is 0 Å². The van der Waals surface area contributed by atoms with Crippen LogP contribution >= 0.6 is 24.0 Å². The molecule has 0 heterocycles. The zero-order valence-electron chi connectivity index (χ0n) is 5.59. The summed E-state index contributed by atoms with van der Waals surface area (Å²) in [5, 5.41) is 0.0315. The second-order valence-corrected chi connectivity index (χ2v) is 3.49. The Morgan fingerprint density at radius 1 is 1.89 bits per heavy atom. The molecule has 0 fully saturated rings. The molecular weight excluding hydrogens is 154 g/mol. The molecule has 9 heavy (non-hydrogen) atoms.